The van der Waals surface area contributed by atoms with Gasteiger partial charge in [0.15, 0.2) is 0 Å². The lowest BCUT2D eigenvalue weighted by Gasteiger charge is -2.39. The summed E-state index contributed by atoms with van der Waals surface area (Å²) in [5.41, 5.74) is 1.36. The quantitative estimate of drug-likeness (QED) is 0.585. The van der Waals surface area contributed by atoms with Gasteiger partial charge in [-0.25, -0.2) is 0 Å². The topological polar surface area (TPSA) is 98.2 Å². The van der Waals surface area contributed by atoms with E-state index in [0.717, 1.165) is 5.56 Å². The fourth-order valence-corrected chi connectivity index (χ4v) is 8.26. The van der Waals surface area contributed by atoms with Crippen LogP contribution in [-0.4, -0.2) is 68.1 Å². The number of nitrogens with zero attached hydrogens (tertiary/aromatic N) is 2. The fraction of sp³-hybridized carbons (Fsp3) is 0.522. The predicted molar refractivity (Wildman–Crippen MR) is 124 cm³/mol. The number of benzene rings is 1. The van der Waals surface area contributed by atoms with Gasteiger partial charge in [0.25, 0.3) is 5.91 Å². The van der Waals surface area contributed by atoms with E-state index in [-0.39, 0.29) is 30.2 Å². The highest BCUT2D eigenvalue weighted by Gasteiger charge is 2.74. The van der Waals surface area contributed by atoms with Crippen LogP contribution >= 0.6 is 23.4 Å². The molecule has 7 nitrogen and oxygen atoms in total. The number of anilines is 1. The van der Waals surface area contributed by atoms with E-state index < -0.39 is 34.6 Å². The second-order valence-electron chi connectivity index (χ2n) is 8.81. The zero-order valence-electron chi connectivity index (χ0n) is 18.0. The highest BCUT2D eigenvalue weighted by atomic mass is 35.5. The highest BCUT2D eigenvalue weighted by Crippen LogP contribution is 2.66. The molecule has 172 valence electrons. The second kappa shape index (κ2) is 8.39. The Bertz CT molecular complexity index is 967. The van der Waals surface area contributed by atoms with Crippen molar-refractivity contribution in [2.24, 2.45) is 11.8 Å². The third-order valence-electron chi connectivity index (χ3n) is 7.03. The molecular formula is C23H27ClN2O5S. The number of aliphatic hydroxyl groups excluding tert-OH is 1. The zero-order valence-corrected chi connectivity index (χ0v) is 19.6. The number of hydrogen-bond acceptors (Lipinski definition) is 5. The molecule has 1 aromatic rings. The molecule has 9 heteroatoms. The van der Waals surface area contributed by atoms with Gasteiger partial charge in [-0.3, -0.25) is 14.4 Å². The van der Waals surface area contributed by atoms with Crippen molar-refractivity contribution >= 4 is 46.8 Å². The molecule has 2 N–H and O–H groups in total. The smallest absolute Gasteiger partial charge is 0.308 e. The number of carbonyl (C=O) groups excluding carboxylic acids is 2. The average Bonchev–Trinajstić information content (AvgIpc) is 3.39. The number of aliphatic hydroxyl groups is 1. The lowest BCUT2D eigenvalue weighted by Crippen LogP contribution is -2.57. The highest BCUT2D eigenvalue weighted by molar-refractivity contribution is 8.02. The molecule has 1 aromatic carbocycles. The summed E-state index contributed by atoms with van der Waals surface area (Å²) in [6, 6.07) is 3.85. The predicted octanol–water partition coefficient (Wildman–Crippen LogP) is 2.72. The molecule has 3 heterocycles. The van der Waals surface area contributed by atoms with Crippen molar-refractivity contribution in [3.63, 3.8) is 0 Å². The number of carbonyl (C=O) groups is 3. The number of carboxylic acids is 1. The first kappa shape index (κ1) is 23.1. The Morgan fingerprint density at radius 3 is 2.78 bits per heavy atom. The number of carboxylic acid groups (broad SMARTS) is 1. The van der Waals surface area contributed by atoms with Crippen LogP contribution in [0.1, 0.15) is 25.3 Å². The number of para-hydroxylation sites is 1. The molecule has 4 rings (SSSR count). The Morgan fingerprint density at radius 2 is 2.19 bits per heavy atom. The molecule has 0 aliphatic carbocycles. The number of thioether (sulfide) groups is 1. The van der Waals surface area contributed by atoms with Gasteiger partial charge in [0, 0.05) is 11.8 Å². The number of amides is 2. The molecule has 32 heavy (non-hydrogen) atoms. The normalized spacial score (nSPS) is 31.5. The van der Waals surface area contributed by atoms with Crippen LogP contribution in [-0.2, 0) is 14.4 Å². The van der Waals surface area contributed by atoms with Gasteiger partial charge in [0.1, 0.15) is 6.04 Å². The molecule has 0 saturated carbocycles. The van der Waals surface area contributed by atoms with E-state index in [1.807, 2.05) is 13.0 Å². The molecule has 6 atom stereocenters. The average molecular weight is 479 g/mol. The first-order valence-electron chi connectivity index (χ1n) is 10.7. The van der Waals surface area contributed by atoms with E-state index >= 15 is 0 Å². The van der Waals surface area contributed by atoms with Crippen molar-refractivity contribution < 1.29 is 24.6 Å². The number of rotatable bonds is 7. The minimum atomic E-state index is -1.00. The molecular weight excluding hydrogens is 452 g/mol. The van der Waals surface area contributed by atoms with Crippen LogP contribution in [0, 0.1) is 18.8 Å². The van der Waals surface area contributed by atoms with E-state index in [1.165, 1.54) is 16.7 Å². The summed E-state index contributed by atoms with van der Waals surface area (Å²) in [5, 5.41) is 20.0. The lowest BCUT2D eigenvalue weighted by molar-refractivity contribution is -0.149. The maximum Gasteiger partial charge on any atom is 0.308 e. The summed E-state index contributed by atoms with van der Waals surface area (Å²) in [5.74, 6) is -3.30. The van der Waals surface area contributed by atoms with Crippen LogP contribution in [0.5, 0.6) is 0 Å². The number of halogens is 1. The molecule has 1 spiro atoms. The molecule has 0 aromatic heterocycles. The van der Waals surface area contributed by atoms with Gasteiger partial charge in [0.05, 0.1) is 39.9 Å². The molecule has 3 fully saturated rings. The Hall–Kier alpha value is -2.03. The van der Waals surface area contributed by atoms with Crippen molar-refractivity contribution in [1.29, 1.82) is 0 Å². The maximum atomic E-state index is 14.2. The van der Waals surface area contributed by atoms with E-state index in [1.54, 1.807) is 30.0 Å². The van der Waals surface area contributed by atoms with E-state index in [0.29, 0.717) is 23.6 Å². The summed E-state index contributed by atoms with van der Waals surface area (Å²) in [6.07, 6.45) is 2.83. The van der Waals surface area contributed by atoms with Gasteiger partial charge >= 0.3 is 5.97 Å². The van der Waals surface area contributed by atoms with Crippen LogP contribution in [0.2, 0.25) is 5.02 Å². The second-order valence-corrected chi connectivity index (χ2v) is 10.8. The molecule has 3 aliphatic rings. The van der Waals surface area contributed by atoms with E-state index in [4.69, 9.17) is 11.6 Å². The Kier molecular flexibility index (Phi) is 6.07. The summed E-state index contributed by atoms with van der Waals surface area (Å²) in [7, 11) is 0. The molecule has 0 radical (unpaired) electrons. The molecule has 3 aliphatic heterocycles. The van der Waals surface area contributed by atoms with Crippen molar-refractivity contribution in [3.8, 4) is 0 Å². The van der Waals surface area contributed by atoms with E-state index in [2.05, 4.69) is 6.58 Å². The minimum absolute atomic E-state index is 0.187. The Labute approximate surface area is 196 Å². The number of likely N-dealkylation sites (tertiary alicyclic amines) is 1. The zero-order chi connectivity index (χ0) is 23.4. The Morgan fingerprint density at radius 1 is 1.47 bits per heavy atom. The number of aliphatic carboxylic acids is 1. The van der Waals surface area contributed by atoms with Crippen LogP contribution in [0.4, 0.5) is 5.69 Å². The standard InChI is InChI=1S/C23H27ClN2O5S/c1-4-10-25(18-12(2)6-5-7-14(18)24)21(29)19-23-9-8-15(32-23)16(22(30)31)17(23)20(28)26(19)13(3)11-27/h4-7,13,15-17,19,27H,1,8-11H2,2-3H3,(H,30,31)/t13-,15-,16+,17+,19?,23?/m1/s1. The third kappa shape index (κ3) is 3.18. The first-order valence-corrected chi connectivity index (χ1v) is 12.0. The first-order chi connectivity index (χ1) is 15.2. The fourth-order valence-electron chi connectivity index (χ4n) is 5.75. The van der Waals surface area contributed by atoms with Crippen molar-refractivity contribution in [2.45, 2.75) is 48.8 Å². The lowest BCUT2D eigenvalue weighted by atomic mass is 9.71. The SMILES string of the molecule is C=CCN(C(=O)C1N([C@H](C)CO)C(=O)[C@@H]2[C@@H](C(=O)O)[C@H]3CCC12S3)c1c(C)cccc1Cl. The minimum Gasteiger partial charge on any atom is -0.481 e. The van der Waals surface area contributed by atoms with Crippen LogP contribution in [0.15, 0.2) is 30.9 Å². The largest absolute Gasteiger partial charge is 0.481 e. The van der Waals surface area contributed by atoms with Gasteiger partial charge in [-0.15, -0.1) is 18.3 Å². The van der Waals surface area contributed by atoms with E-state index in [9.17, 15) is 24.6 Å². The maximum absolute atomic E-state index is 14.2. The van der Waals surface area contributed by atoms with Crippen LogP contribution in [0.3, 0.4) is 0 Å². The number of hydrogen-bond donors (Lipinski definition) is 2. The Balaban J connectivity index is 1.85. The van der Waals surface area contributed by atoms with Gasteiger partial charge in [-0.1, -0.05) is 29.8 Å². The van der Waals surface area contributed by atoms with Crippen molar-refractivity contribution in [3.05, 3.63) is 41.4 Å². The van der Waals surface area contributed by atoms with Gasteiger partial charge in [0.2, 0.25) is 5.91 Å². The number of aryl methyl sites for hydroxylation is 1. The van der Waals surface area contributed by atoms with Gasteiger partial charge in [-0.05, 0) is 38.3 Å². The van der Waals surface area contributed by atoms with Crippen LogP contribution in [0.25, 0.3) is 0 Å². The molecule has 2 bridgehead atoms. The third-order valence-corrected chi connectivity index (χ3v) is 9.29. The summed E-state index contributed by atoms with van der Waals surface area (Å²) in [6.45, 7) is 7.19. The number of fused-ring (bicyclic) bond motifs is 1. The molecule has 2 unspecified atom stereocenters. The summed E-state index contributed by atoms with van der Waals surface area (Å²) < 4.78 is -0.833. The van der Waals surface area contributed by atoms with Crippen LogP contribution < -0.4 is 4.90 Å². The monoisotopic (exact) mass is 478 g/mol. The summed E-state index contributed by atoms with van der Waals surface area (Å²) in [4.78, 5) is 42.8. The molecule has 3 saturated heterocycles. The van der Waals surface area contributed by atoms with Gasteiger partial charge in [-0.2, -0.15) is 0 Å². The molecule has 2 amide bonds. The van der Waals surface area contributed by atoms with Gasteiger partial charge < -0.3 is 20.0 Å². The van der Waals surface area contributed by atoms with Crippen molar-refractivity contribution in [2.75, 3.05) is 18.1 Å². The van der Waals surface area contributed by atoms with Crippen molar-refractivity contribution in [1.82, 2.24) is 4.90 Å². The summed E-state index contributed by atoms with van der Waals surface area (Å²) >= 11 is 7.95.